The first-order chi connectivity index (χ1) is 18.4. The summed E-state index contributed by atoms with van der Waals surface area (Å²) < 4.78 is 35.5. The molecule has 2 saturated heterocycles. The molecule has 0 saturated carbocycles. The lowest BCUT2D eigenvalue weighted by Crippen LogP contribution is -2.77. The van der Waals surface area contributed by atoms with Crippen molar-refractivity contribution >= 4 is 45.4 Å². The molecule has 2 aliphatic rings. The van der Waals surface area contributed by atoms with E-state index in [-0.39, 0.29) is 16.2 Å². The number of amides is 1. The molecule has 206 valence electrons. The van der Waals surface area contributed by atoms with Gasteiger partial charge in [0.1, 0.15) is 11.4 Å². The Hall–Kier alpha value is -2.89. The summed E-state index contributed by atoms with van der Waals surface area (Å²) >= 11 is 8.16. The Bertz CT molecular complexity index is 1380. The van der Waals surface area contributed by atoms with E-state index in [0.717, 1.165) is 16.7 Å². The maximum Gasteiger partial charge on any atom is 0.331 e. The molecule has 11 heteroatoms. The average molecular weight is 589 g/mol. The Morgan fingerprint density at radius 1 is 1.05 bits per heavy atom. The fraction of sp³-hybridized carbons (Fsp3) is 0.286. The summed E-state index contributed by atoms with van der Waals surface area (Å²) in [5.74, 6) is -0.264. The third-order valence-electron chi connectivity index (χ3n) is 6.49. The van der Waals surface area contributed by atoms with Crippen molar-refractivity contribution in [2.45, 2.75) is 47.2 Å². The van der Waals surface area contributed by atoms with Gasteiger partial charge in [0, 0.05) is 5.75 Å². The number of nitrogens with zero attached hydrogens (tertiary/aromatic N) is 1. The van der Waals surface area contributed by atoms with Gasteiger partial charge in [0.2, 0.25) is 5.91 Å². The van der Waals surface area contributed by atoms with Gasteiger partial charge >= 0.3 is 5.97 Å². The number of hydrogen-bond donors (Lipinski definition) is 2. The van der Waals surface area contributed by atoms with Crippen LogP contribution in [0.2, 0.25) is 0 Å². The predicted molar refractivity (Wildman–Crippen MR) is 151 cm³/mol. The van der Waals surface area contributed by atoms with Crippen LogP contribution in [0.25, 0.3) is 0 Å². The average Bonchev–Trinajstić information content (AvgIpc) is 2.91. The van der Waals surface area contributed by atoms with Crippen molar-refractivity contribution in [3.05, 3.63) is 102 Å². The number of hydrogen-bond acceptors (Lipinski definition) is 7. The predicted octanol–water partition coefficient (Wildman–Crippen LogP) is 4.17. The van der Waals surface area contributed by atoms with Crippen molar-refractivity contribution in [1.29, 1.82) is 0 Å². The molecule has 2 aliphatic heterocycles. The number of fused-ring (bicyclic) bond motifs is 1. The van der Waals surface area contributed by atoms with Gasteiger partial charge < -0.3 is 15.4 Å². The van der Waals surface area contributed by atoms with Gasteiger partial charge in [0.15, 0.2) is 12.1 Å². The van der Waals surface area contributed by atoms with E-state index in [1.54, 1.807) is 19.1 Å². The van der Waals surface area contributed by atoms with Crippen LogP contribution in [0.1, 0.15) is 29.7 Å². The highest BCUT2D eigenvalue weighted by Gasteiger charge is 2.60. The van der Waals surface area contributed by atoms with Crippen LogP contribution < -0.4 is 5.73 Å². The molecule has 3 aromatic rings. The molecule has 0 unspecified atom stereocenters. The standard InChI is InChI=1S/C21H21ClN2O3S.C7H8O3S/c1-21(22)12-28-19-15(23)18(25)24(19)17(21)20(26)27-16(13-8-4-2-5-9-13)14-10-6-3-7-11-14;1-6-2-4-7(5-3-6)11(8,9)10/h2-11,15-17,19H,12,23H2,1H3;2-5H,1H3,(H,8,9,10)/t15-,17+,19+,21-;/m1./s1. The van der Waals surface area contributed by atoms with Crippen LogP contribution in [0, 0.1) is 6.92 Å². The first kappa shape index (κ1) is 29.1. The van der Waals surface area contributed by atoms with Gasteiger partial charge in [-0.3, -0.25) is 9.35 Å². The maximum atomic E-state index is 13.3. The van der Waals surface area contributed by atoms with Crippen LogP contribution in [-0.4, -0.2) is 57.8 Å². The number of ether oxygens (including phenoxy) is 1. The summed E-state index contributed by atoms with van der Waals surface area (Å²) in [6.45, 7) is 3.61. The van der Waals surface area contributed by atoms with Gasteiger partial charge in [-0.15, -0.1) is 23.4 Å². The van der Waals surface area contributed by atoms with E-state index in [4.69, 9.17) is 26.6 Å². The highest BCUT2D eigenvalue weighted by Crippen LogP contribution is 2.45. The molecule has 2 fully saturated rings. The molecular weight excluding hydrogens is 560 g/mol. The van der Waals surface area contributed by atoms with Crippen LogP contribution in [0.4, 0.5) is 0 Å². The lowest BCUT2D eigenvalue weighted by atomic mass is 9.94. The number of halogens is 1. The number of thioether (sulfide) groups is 1. The maximum absolute atomic E-state index is 13.3. The molecule has 0 aromatic heterocycles. The SMILES string of the molecule is C[C@@]1(Cl)CS[C@H]2[C@H](N)C(=O)N2[C@H]1C(=O)OC(c1ccccc1)c1ccccc1.Cc1ccc(S(=O)(=O)O)cc1. The second kappa shape index (κ2) is 11.7. The van der Waals surface area contributed by atoms with E-state index < -0.39 is 39.1 Å². The summed E-state index contributed by atoms with van der Waals surface area (Å²) in [7, 11) is -4.02. The highest BCUT2D eigenvalue weighted by molar-refractivity contribution is 8.00. The number of carbonyl (C=O) groups is 2. The summed E-state index contributed by atoms with van der Waals surface area (Å²) in [6.07, 6.45) is -0.583. The molecule has 5 rings (SSSR count). The Morgan fingerprint density at radius 3 is 2.05 bits per heavy atom. The molecule has 0 aliphatic carbocycles. The summed E-state index contributed by atoms with van der Waals surface area (Å²) in [6, 6.07) is 23.6. The van der Waals surface area contributed by atoms with Gasteiger partial charge in [-0.05, 0) is 37.1 Å². The summed E-state index contributed by atoms with van der Waals surface area (Å²) in [4.78, 5) is 26.1. The molecule has 0 bridgehead atoms. The molecule has 8 nitrogen and oxygen atoms in total. The number of esters is 1. The third kappa shape index (κ3) is 6.47. The monoisotopic (exact) mass is 588 g/mol. The molecule has 3 N–H and O–H groups in total. The van der Waals surface area contributed by atoms with Crippen molar-refractivity contribution in [3.8, 4) is 0 Å². The summed E-state index contributed by atoms with van der Waals surface area (Å²) in [5, 5.41) is -0.233. The zero-order valence-corrected chi connectivity index (χ0v) is 23.7. The Labute approximate surface area is 237 Å². The minimum Gasteiger partial charge on any atom is -0.451 e. The fourth-order valence-corrected chi connectivity index (χ4v) is 6.65. The summed E-state index contributed by atoms with van der Waals surface area (Å²) in [5.41, 5.74) is 8.57. The van der Waals surface area contributed by atoms with E-state index in [2.05, 4.69) is 0 Å². The van der Waals surface area contributed by atoms with Crippen LogP contribution >= 0.6 is 23.4 Å². The number of benzene rings is 3. The molecule has 1 amide bonds. The van der Waals surface area contributed by atoms with Gasteiger partial charge in [-0.25, -0.2) is 4.79 Å². The molecule has 3 aromatic carbocycles. The van der Waals surface area contributed by atoms with E-state index >= 15 is 0 Å². The quantitative estimate of drug-likeness (QED) is 0.197. The van der Waals surface area contributed by atoms with E-state index in [1.165, 1.54) is 28.8 Å². The van der Waals surface area contributed by atoms with Gasteiger partial charge in [-0.1, -0.05) is 78.4 Å². The van der Waals surface area contributed by atoms with Crippen LogP contribution in [-0.2, 0) is 24.4 Å². The number of rotatable bonds is 5. The second-order valence-electron chi connectivity index (χ2n) is 9.58. The molecular formula is C28H29ClN2O6S2. The Balaban J connectivity index is 0.000000270. The van der Waals surface area contributed by atoms with Crippen molar-refractivity contribution in [2.24, 2.45) is 5.73 Å². The van der Waals surface area contributed by atoms with Crippen molar-refractivity contribution in [3.63, 3.8) is 0 Å². The second-order valence-corrected chi connectivity index (χ2v) is 13.0. The van der Waals surface area contributed by atoms with Crippen molar-refractivity contribution in [2.75, 3.05) is 5.75 Å². The van der Waals surface area contributed by atoms with Gasteiger partial charge in [0.25, 0.3) is 10.1 Å². The zero-order valence-electron chi connectivity index (χ0n) is 21.3. The van der Waals surface area contributed by atoms with E-state index in [1.807, 2.05) is 67.6 Å². The van der Waals surface area contributed by atoms with Crippen LogP contribution in [0.5, 0.6) is 0 Å². The van der Waals surface area contributed by atoms with Crippen molar-refractivity contribution < 1.29 is 27.3 Å². The van der Waals surface area contributed by atoms with Gasteiger partial charge in [0.05, 0.1) is 9.77 Å². The fourth-order valence-electron chi connectivity index (χ4n) is 4.42. The molecule has 0 radical (unpaired) electrons. The van der Waals surface area contributed by atoms with Gasteiger partial charge in [-0.2, -0.15) is 8.42 Å². The van der Waals surface area contributed by atoms with Crippen LogP contribution in [0.3, 0.4) is 0 Å². The number of aryl methyl sites for hydroxylation is 1. The molecule has 39 heavy (non-hydrogen) atoms. The number of alkyl halides is 1. The number of β-lactam (4-membered cyclic amide) rings is 1. The lowest BCUT2D eigenvalue weighted by molar-refractivity contribution is -0.168. The topological polar surface area (TPSA) is 127 Å². The molecule has 4 atom stereocenters. The minimum absolute atomic E-state index is 0.0666. The number of nitrogens with two attached hydrogens (primary N) is 1. The zero-order chi connectivity index (χ0) is 28.4. The largest absolute Gasteiger partial charge is 0.451 e. The highest BCUT2D eigenvalue weighted by atomic mass is 35.5. The Morgan fingerprint density at radius 2 is 1.56 bits per heavy atom. The smallest absolute Gasteiger partial charge is 0.331 e. The number of carbonyl (C=O) groups excluding carboxylic acids is 2. The normalized spacial score (nSPS) is 24.2. The Kier molecular flexibility index (Phi) is 8.72. The van der Waals surface area contributed by atoms with E-state index in [9.17, 15) is 18.0 Å². The first-order valence-electron chi connectivity index (χ1n) is 12.1. The first-order valence-corrected chi connectivity index (χ1v) is 15.0. The van der Waals surface area contributed by atoms with Crippen LogP contribution in [0.15, 0.2) is 89.8 Å². The lowest BCUT2D eigenvalue weighted by Gasteiger charge is -2.55. The van der Waals surface area contributed by atoms with E-state index in [0.29, 0.717) is 5.75 Å². The minimum atomic E-state index is -4.02. The third-order valence-corrected chi connectivity index (χ3v) is 9.48. The molecule has 0 spiro atoms. The van der Waals surface area contributed by atoms with Crippen molar-refractivity contribution in [1.82, 2.24) is 4.90 Å². The molecule has 2 heterocycles.